The predicted octanol–water partition coefficient (Wildman–Crippen LogP) is 0.524. The van der Waals surface area contributed by atoms with Crippen LogP contribution in [0.15, 0.2) is 24.3 Å². The second-order valence-corrected chi connectivity index (χ2v) is 8.92. The molecule has 1 aromatic carbocycles. The van der Waals surface area contributed by atoms with Crippen LogP contribution in [-0.2, 0) is 9.30 Å². The zero-order valence-corrected chi connectivity index (χ0v) is 16.6. The Kier molecular flexibility index (Phi) is 8.61. The quantitative estimate of drug-likeness (QED) is 0.141. The number of aliphatic hydroxyl groups is 3. The number of hydrogen-bond acceptors (Lipinski definition) is 8. The molecule has 0 spiro atoms. The van der Waals surface area contributed by atoms with Gasteiger partial charge in [-0.25, -0.2) is 0 Å². The number of anilines is 1. The van der Waals surface area contributed by atoms with Crippen molar-refractivity contribution in [1.82, 2.24) is 0 Å². The van der Waals surface area contributed by atoms with E-state index in [1.807, 2.05) is 0 Å². The summed E-state index contributed by atoms with van der Waals surface area (Å²) in [5, 5.41) is 30.1. The number of nitrogens with one attached hydrogen (secondary N) is 1. The first-order valence-corrected chi connectivity index (χ1v) is 11.3. The molecule has 1 aliphatic heterocycles. The van der Waals surface area contributed by atoms with Crippen LogP contribution in [0.1, 0.15) is 12.8 Å². The standard InChI is InChI=1S/C17H24NO8PS/c1-2-3-10-28-18-11-4-6-12(7-5-11)25-17-16(21)15(20)14(19)13(26-17)8-9-27(22,23)24/h1,4-7,13-21H,3,8-10H2,(H2,22,23,24)/t13?,14-,15?,16?,17+/m1/s1. The van der Waals surface area contributed by atoms with Gasteiger partial charge in [-0.05, 0) is 30.7 Å². The summed E-state index contributed by atoms with van der Waals surface area (Å²) in [7, 11) is -4.30. The van der Waals surface area contributed by atoms with Gasteiger partial charge < -0.3 is 39.3 Å². The number of terminal acetylenes is 1. The highest BCUT2D eigenvalue weighted by Gasteiger charge is 2.45. The van der Waals surface area contributed by atoms with Crippen molar-refractivity contribution in [3.63, 3.8) is 0 Å². The topological polar surface area (TPSA) is 149 Å². The van der Waals surface area contributed by atoms with Crippen molar-refractivity contribution in [3.05, 3.63) is 24.3 Å². The second kappa shape index (κ2) is 10.5. The molecule has 28 heavy (non-hydrogen) atoms. The van der Waals surface area contributed by atoms with E-state index in [2.05, 4.69) is 10.6 Å². The highest BCUT2D eigenvalue weighted by atomic mass is 32.2. The maximum atomic E-state index is 11.0. The summed E-state index contributed by atoms with van der Waals surface area (Å²) in [6, 6.07) is 6.73. The van der Waals surface area contributed by atoms with E-state index >= 15 is 0 Å². The van der Waals surface area contributed by atoms with Crippen LogP contribution >= 0.6 is 19.5 Å². The van der Waals surface area contributed by atoms with Crippen LogP contribution < -0.4 is 9.46 Å². The fraction of sp³-hybridized carbons (Fsp3) is 0.529. The van der Waals surface area contributed by atoms with E-state index in [1.165, 1.54) is 11.9 Å². The van der Waals surface area contributed by atoms with Gasteiger partial charge in [0.05, 0.1) is 12.3 Å². The van der Waals surface area contributed by atoms with Gasteiger partial charge in [0.1, 0.15) is 24.1 Å². The Morgan fingerprint density at radius 1 is 1.18 bits per heavy atom. The number of benzene rings is 1. The molecule has 1 saturated heterocycles. The number of ether oxygens (including phenoxy) is 2. The van der Waals surface area contributed by atoms with Gasteiger partial charge in [-0.2, -0.15) is 0 Å². The van der Waals surface area contributed by atoms with Crippen molar-refractivity contribution < 1.29 is 39.1 Å². The highest BCUT2D eigenvalue weighted by molar-refractivity contribution is 8.00. The molecule has 0 amide bonds. The van der Waals surface area contributed by atoms with Crippen molar-refractivity contribution in [1.29, 1.82) is 0 Å². The summed E-state index contributed by atoms with van der Waals surface area (Å²) in [6.07, 6.45) is -1.89. The fourth-order valence-corrected chi connectivity index (χ4v) is 3.74. The number of rotatable bonds is 9. The molecule has 11 heteroatoms. The molecule has 1 aliphatic rings. The van der Waals surface area contributed by atoms with Gasteiger partial charge in [-0.1, -0.05) is 11.9 Å². The minimum absolute atomic E-state index is 0.202. The first-order valence-electron chi connectivity index (χ1n) is 8.53. The molecular weight excluding hydrogens is 409 g/mol. The third-order valence-corrected chi connectivity index (χ3v) is 5.65. The van der Waals surface area contributed by atoms with Gasteiger partial charge in [0.2, 0.25) is 6.29 Å². The minimum atomic E-state index is -4.30. The highest BCUT2D eigenvalue weighted by Crippen LogP contribution is 2.37. The maximum absolute atomic E-state index is 11.0. The Bertz CT molecular complexity index is 706. The molecule has 6 N–H and O–H groups in total. The van der Waals surface area contributed by atoms with Gasteiger partial charge in [-0.15, -0.1) is 12.3 Å². The van der Waals surface area contributed by atoms with Crippen molar-refractivity contribution in [2.75, 3.05) is 16.6 Å². The SMILES string of the molecule is C#CCCSNc1ccc(O[C@H]2OC(CCP(=O)(O)O)[C@@H](O)C(O)C2O)cc1. The van der Waals surface area contributed by atoms with Crippen LogP contribution in [0.25, 0.3) is 0 Å². The molecule has 2 rings (SSSR count). The molecule has 1 heterocycles. The van der Waals surface area contributed by atoms with Gasteiger partial charge in [-0.3, -0.25) is 4.57 Å². The Hall–Kier alpha value is -1.28. The van der Waals surface area contributed by atoms with Crippen molar-refractivity contribution in [3.8, 4) is 18.1 Å². The molecular formula is C17H24NO8PS. The second-order valence-electron chi connectivity index (χ2n) is 6.24. The zero-order valence-electron chi connectivity index (χ0n) is 14.9. The van der Waals surface area contributed by atoms with Crippen LogP contribution in [0, 0.1) is 12.3 Å². The summed E-state index contributed by atoms with van der Waals surface area (Å²) in [5.41, 5.74) is 0.814. The summed E-state index contributed by atoms with van der Waals surface area (Å²) >= 11 is 1.46. The zero-order chi connectivity index (χ0) is 20.7. The molecule has 0 saturated carbocycles. The Morgan fingerprint density at radius 3 is 2.46 bits per heavy atom. The Balaban J connectivity index is 1.95. The lowest BCUT2D eigenvalue weighted by molar-refractivity contribution is -0.272. The lowest BCUT2D eigenvalue weighted by Gasteiger charge is -2.40. The molecule has 0 aromatic heterocycles. The molecule has 1 aromatic rings. The van der Waals surface area contributed by atoms with Gasteiger partial charge in [0, 0.05) is 17.9 Å². The van der Waals surface area contributed by atoms with E-state index < -0.39 is 44.5 Å². The normalized spacial score (nSPS) is 27.8. The first kappa shape index (κ1) is 23.0. The molecule has 1 fully saturated rings. The third kappa shape index (κ3) is 6.95. The van der Waals surface area contributed by atoms with Gasteiger partial charge in [0.15, 0.2) is 0 Å². The average molecular weight is 433 g/mol. The maximum Gasteiger partial charge on any atom is 0.325 e. The molecule has 0 radical (unpaired) electrons. The van der Waals surface area contributed by atoms with Crippen LogP contribution in [0.4, 0.5) is 5.69 Å². The summed E-state index contributed by atoms with van der Waals surface area (Å²) in [4.78, 5) is 18.0. The van der Waals surface area contributed by atoms with Crippen LogP contribution in [0.3, 0.4) is 0 Å². The minimum Gasteiger partial charge on any atom is -0.462 e. The van der Waals surface area contributed by atoms with E-state index in [1.54, 1.807) is 24.3 Å². The Morgan fingerprint density at radius 2 is 1.86 bits per heavy atom. The summed E-state index contributed by atoms with van der Waals surface area (Å²) < 4.78 is 25.1. The number of hydrogen-bond donors (Lipinski definition) is 6. The molecule has 5 atom stereocenters. The van der Waals surface area contributed by atoms with E-state index in [4.69, 9.17) is 25.7 Å². The van der Waals surface area contributed by atoms with E-state index in [0.717, 1.165) is 11.4 Å². The lowest BCUT2D eigenvalue weighted by atomic mass is 9.97. The van der Waals surface area contributed by atoms with Gasteiger partial charge >= 0.3 is 7.60 Å². The smallest absolute Gasteiger partial charge is 0.325 e. The first-order chi connectivity index (χ1) is 13.2. The van der Waals surface area contributed by atoms with Crippen LogP contribution in [0.2, 0.25) is 0 Å². The number of aliphatic hydroxyl groups excluding tert-OH is 3. The van der Waals surface area contributed by atoms with Crippen molar-refractivity contribution >= 4 is 25.2 Å². The van der Waals surface area contributed by atoms with Crippen molar-refractivity contribution in [2.24, 2.45) is 0 Å². The predicted molar refractivity (Wildman–Crippen MR) is 105 cm³/mol. The molecule has 9 nitrogen and oxygen atoms in total. The van der Waals surface area contributed by atoms with Gasteiger partial charge in [0.25, 0.3) is 0 Å². The van der Waals surface area contributed by atoms with Crippen LogP contribution in [-0.4, -0.2) is 67.7 Å². The monoisotopic (exact) mass is 433 g/mol. The molecule has 3 unspecified atom stereocenters. The fourth-order valence-electron chi connectivity index (χ4n) is 2.53. The van der Waals surface area contributed by atoms with Crippen LogP contribution in [0.5, 0.6) is 5.75 Å². The molecule has 156 valence electrons. The molecule has 0 bridgehead atoms. The van der Waals surface area contributed by atoms with E-state index in [-0.39, 0.29) is 6.42 Å². The average Bonchev–Trinajstić information content (AvgIpc) is 2.65. The Labute approximate surface area is 167 Å². The van der Waals surface area contributed by atoms with E-state index in [0.29, 0.717) is 12.2 Å². The molecule has 0 aliphatic carbocycles. The third-order valence-electron chi connectivity index (χ3n) is 4.02. The summed E-state index contributed by atoms with van der Waals surface area (Å²) in [6.45, 7) is 0. The summed E-state index contributed by atoms with van der Waals surface area (Å²) in [5.74, 6) is 3.64. The van der Waals surface area contributed by atoms with E-state index in [9.17, 15) is 19.9 Å². The van der Waals surface area contributed by atoms with Crippen molar-refractivity contribution in [2.45, 2.75) is 43.5 Å². The largest absolute Gasteiger partial charge is 0.462 e. The lowest BCUT2D eigenvalue weighted by Crippen LogP contribution is -2.59.